The number of rotatable bonds is 2. The maximum absolute atomic E-state index is 12.4. The highest BCUT2D eigenvalue weighted by Crippen LogP contribution is 2.21. The summed E-state index contributed by atoms with van der Waals surface area (Å²) < 4.78 is 0. The van der Waals surface area contributed by atoms with E-state index in [1.165, 1.54) is 17.5 Å². The molecule has 0 spiro atoms. The van der Waals surface area contributed by atoms with Crippen LogP contribution in [0.1, 0.15) is 20.9 Å². The van der Waals surface area contributed by atoms with Crippen LogP contribution in [-0.4, -0.2) is 15.9 Å². The van der Waals surface area contributed by atoms with Crippen LogP contribution >= 0.6 is 22.9 Å². The average molecular weight is 334 g/mol. The van der Waals surface area contributed by atoms with Crippen LogP contribution in [0.4, 0.5) is 5.13 Å². The van der Waals surface area contributed by atoms with Crippen molar-refractivity contribution in [3.8, 4) is 0 Å². The zero-order valence-electron chi connectivity index (χ0n) is 11.9. The number of benzene rings is 1. The second-order valence-electron chi connectivity index (χ2n) is 4.84. The minimum Gasteiger partial charge on any atom is -0.360 e. The van der Waals surface area contributed by atoms with E-state index in [9.17, 15) is 9.59 Å². The monoisotopic (exact) mass is 333 g/mol. The van der Waals surface area contributed by atoms with Crippen LogP contribution < -0.4 is 10.7 Å². The fourth-order valence-corrected chi connectivity index (χ4v) is 3.04. The molecule has 3 rings (SSSR count). The van der Waals surface area contributed by atoms with Gasteiger partial charge in [-0.25, -0.2) is 4.98 Å². The lowest BCUT2D eigenvalue weighted by molar-refractivity contribution is 0.102. The van der Waals surface area contributed by atoms with Gasteiger partial charge in [0.1, 0.15) is 5.56 Å². The summed E-state index contributed by atoms with van der Waals surface area (Å²) in [5.74, 6) is -0.480. The van der Waals surface area contributed by atoms with E-state index in [1.54, 1.807) is 18.2 Å². The SMILES string of the molecule is Cc1nc(NC(=O)c2c[nH]c3cc(Cl)ccc3c2=O)sc1C. The van der Waals surface area contributed by atoms with Crippen LogP contribution in [0.2, 0.25) is 5.02 Å². The van der Waals surface area contributed by atoms with E-state index in [2.05, 4.69) is 15.3 Å². The Morgan fingerprint density at radius 3 is 2.82 bits per heavy atom. The molecule has 7 heteroatoms. The second kappa shape index (κ2) is 5.55. The van der Waals surface area contributed by atoms with E-state index in [4.69, 9.17) is 11.6 Å². The van der Waals surface area contributed by atoms with Crippen molar-refractivity contribution >= 4 is 44.9 Å². The van der Waals surface area contributed by atoms with Crippen LogP contribution in [0.25, 0.3) is 10.9 Å². The third-order valence-electron chi connectivity index (χ3n) is 3.34. The molecule has 0 atom stereocenters. The molecule has 112 valence electrons. The normalized spacial score (nSPS) is 10.9. The first-order valence-corrected chi connectivity index (χ1v) is 7.71. The van der Waals surface area contributed by atoms with Gasteiger partial charge in [-0.2, -0.15) is 0 Å². The number of amides is 1. The van der Waals surface area contributed by atoms with E-state index in [-0.39, 0.29) is 11.0 Å². The number of aromatic amines is 1. The van der Waals surface area contributed by atoms with Crippen molar-refractivity contribution in [2.24, 2.45) is 0 Å². The lowest BCUT2D eigenvalue weighted by atomic mass is 10.1. The minimum atomic E-state index is -0.480. The van der Waals surface area contributed by atoms with Gasteiger partial charge in [-0.3, -0.25) is 14.9 Å². The van der Waals surface area contributed by atoms with Gasteiger partial charge in [0.05, 0.1) is 11.2 Å². The Morgan fingerprint density at radius 1 is 1.36 bits per heavy atom. The van der Waals surface area contributed by atoms with E-state index in [0.717, 1.165) is 10.6 Å². The maximum atomic E-state index is 12.4. The minimum absolute atomic E-state index is 0.0420. The number of carbonyl (C=O) groups is 1. The molecule has 5 nitrogen and oxygen atoms in total. The smallest absolute Gasteiger partial charge is 0.262 e. The Balaban J connectivity index is 1.99. The van der Waals surface area contributed by atoms with Crippen LogP contribution in [0.15, 0.2) is 29.2 Å². The zero-order chi connectivity index (χ0) is 15.9. The van der Waals surface area contributed by atoms with Gasteiger partial charge < -0.3 is 4.98 Å². The molecule has 0 bridgehead atoms. The number of thiazole rings is 1. The van der Waals surface area contributed by atoms with Gasteiger partial charge >= 0.3 is 0 Å². The lowest BCUT2D eigenvalue weighted by Gasteiger charge is -2.03. The molecule has 2 heterocycles. The molecule has 0 radical (unpaired) electrons. The van der Waals surface area contributed by atoms with Crippen molar-refractivity contribution in [2.75, 3.05) is 5.32 Å². The first-order valence-electron chi connectivity index (χ1n) is 6.52. The van der Waals surface area contributed by atoms with Crippen LogP contribution in [0.3, 0.4) is 0 Å². The Bertz CT molecular complexity index is 926. The summed E-state index contributed by atoms with van der Waals surface area (Å²) in [5.41, 5.74) is 1.16. The Hall–Kier alpha value is -2.18. The fourth-order valence-electron chi connectivity index (χ4n) is 2.05. The number of hydrogen-bond acceptors (Lipinski definition) is 4. The van der Waals surface area contributed by atoms with Crippen LogP contribution in [0, 0.1) is 13.8 Å². The lowest BCUT2D eigenvalue weighted by Crippen LogP contribution is -2.21. The summed E-state index contributed by atoms with van der Waals surface area (Å²) >= 11 is 7.27. The van der Waals surface area contributed by atoms with Gasteiger partial charge in [-0.15, -0.1) is 11.3 Å². The third kappa shape index (κ3) is 2.63. The highest BCUT2D eigenvalue weighted by atomic mass is 35.5. The van der Waals surface area contributed by atoms with Crippen molar-refractivity contribution in [2.45, 2.75) is 13.8 Å². The Kier molecular flexibility index (Phi) is 3.72. The number of nitrogens with zero attached hydrogens (tertiary/aromatic N) is 1. The molecule has 22 heavy (non-hydrogen) atoms. The van der Waals surface area contributed by atoms with Gasteiger partial charge in [-0.1, -0.05) is 11.6 Å². The number of fused-ring (bicyclic) bond motifs is 1. The number of pyridine rings is 1. The molecule has 1 amide bonds. The van der Waals surface area contributed by atoms with Crippen LogP contribution in [0.5, 0.6) is 0 Å². The van der Waals surface area contributed by atoms with Crippen LogP contribution in [-0.2, 0) is 0 Å². The molecule has 0 aliphatic heterocycles. The number of carbonyl (C=O) groups excluding carboxylic acids is 1. The quantitative estimate of drug-likeness (QED) is 0.753. The molecule has 3 aromatic rings. The topological polar surface area (TPSA) is 74.8 Å². The zero-order valence-corrected chi connectivity index (χ0v) is 13.4. The predicted molar refractivity (Wildman–Crippen MR) is 89.1 cm³/mol. The van der Waals surface area contributed by atoms with Crippen molar-refractivity contribution in [3.63, 3.8) is 0 Å². The van der Waals surface area contributed by atoms with Gasteiger partial charge in [-0.05, 0) is 32.0 Å². The first-order chi connectivity index (χ1) is 10.5. The number of aryl methyl sites for hydroxylation is 2. The van der Waals surface area contributed by atoms with Gasteiger partial charge in [0.15, 0.2) is 5.13 Å². The number of H-pyrrole nitrogens is 1. The summed E-state index contributed by atoms with van der Waals surface area (Å²) in [6.07, 6.45) is 1.39. The van der Waals surface area contributed by atoms with E-state index >= 15 is 0 Å². The van der Waals surface area contributed by atoms with E-state index < -0.39 is 5.91 Å². The second-order valence-corrected chi connectivity index (χ2v) is 6.48. The first kappa shape index (κ1) is 14.7. The number of halogens is 1. The molecule has 0 aliphatic carbocycles. The van der Waals surface area contributed by atoms with Crippen molar-refractivity contribution in [1.29, 1.82) is 0 Å². The molecule has 0 aliphatic rings. The molecule has 0 fully saturated rings. The molecule has 2 aromatic heterocycles. The highest BCUT2D eigenvalue weighted by molar-refractivity contribution is 7.15. The molecule has 1 aromatic carbocycles. The van der Waals surface area contributed by atoms with Crippen molar-refractivity contribution < 1.29 is 4.79 Å². The molecule has 0 unspecified atom stereocenters. The van der Waals surface area contributed by atoms with Crippen molar-refractivity contribution in [1.82, 2.24) is 9.97 Å². The molecular formula is C15H12ClN3O2S. The summed E-state index contributed by atoms with van der Waals surface area (Å²) in [5, 5.41) is 4.08. The highest BCUT2D eigenvalue weighted by Gasteiger charge is 2.15. The standard InChI is InChI=1S/C15H12ClN3O2S/c1-7-8(2)22-15(18-7)19-14(21)11-6-17-12-5-9(16)3-4-10(12)13(11)20/h3-6H,1-2H3,(H,17,20)(H,18,19,21). The van der Waals surface area contributed by atoms with Crippen molar-refractivity contribution in [3.05, 3.63) is 55.8 Å². The fraction of sp³-hybridized carbons (Fsp3) is 0.133. The maximum Gasteiger partial charge on any atom is 0.262 e. The van der Waals surface area contributed by atoms with E-state index in [0.29, 0.717) is 21.1 Å². The predicted octanol–water partition coefficient (Wildman–Crippen LogP) is 3.51. The summed E-state index contributed by atoms with van der Waals surface area (Å²) in [4.78, 5) is 32.9. The van der Waals surface area contributed by atoms with Gasteiger partial charge in [0.2, 0.25) is 5.43 Å². The summed E-state index contributed by atoms with van der Waals surface area (Å²) in [6.45, 7) is 3.79. The number of aromatic nitrogens is 2. The average Bonchev–Trinajstić information content (AvgIpc) is 2.77. The summed E-state index contributed by atoms with van der Waals surface area (Å²) in [6, 6.07) is 4.87. The number of hydrogen-bond donors (Lipinski definition) is 2. The van der Waals surface area contributed by atoms with E-state index in [1.807, 2.05) is 13.8 Å². The largest absolute Gasteiger partial charge is 0.360 e. The Morgan fingerprint density at radius 2 is 2.14 bits per heavy atom. The third-order valence-corrected chi connectivity index (χ3v) is 4.56. The van der Waals surface area contributed by atoms with Gasteiger partial charge in [0.25, 0.3) is 5.91 Å². The molecule has 2 N–H and O–H groups in total. The Labute approximate surface area is 135 Å². The molecule has 0 saturated heterocycles. The number of nitrogens with one attached hydrogen (secondary N) is 2. The molecular weight excluding hydrogens is 322 g/mol. The van der Waals surface area contributed by atoms with Gasteiger partial charge in [0, 0.05) is 21.5 Å². The summed E-state index contributed by atoms with van der Waals surface area (Å²) in [7, 11) is 0. The number of anilines is 1. The molecule has 0 saturated carbocycles.